The highest BCUT2D eigenvalue weighted by Gasteiger charge is 2.29. The van der Waals surface area contributed by atoms with Crippen LogP contribution >= 0.6 is 22.6 Å². The molecular formula is C15H19IO4. The highest BCUT2D eigenvalue weighted by molar-refractivity contribution is 14.1. The molecule has 1 aromatic carbocycles. The molecule has 0 bridgehead atoms. The van der Waals surface area contributed by atoms with E-state index in [4.69, 9.17) is 9.47 Å². The van der Waals surface area contributed by atoms with Crippen LogP contribution in [0.5, 0.6) is 0 Å². The van der Waals surface area contributed by atoms with Gasteiger partial charge in [0.05, 0.1) is 13.2 Å². The Morgan fingerprint density at radius 2 is 1.65 bits per heavy atom. The third-order valence-electron chi connectivity index (χ3n) is 2.80. The number of carbonyl (C=O) groups is 2. The van der Waals surface area contributed by atoms with Crippen LogP contribution < -0.4 is 0 Å². The van der Waals surface area contributed by atoms with Gasteiger partial charge in [-0.1, -0.05) is 18.2 Å². The minimum Gasteiger partial charge on any atom is -0.465 e. The van der Waals surface area contributed by atoms with Crippen molar-refractivity contribution in [3.05, 3.63) is 33.4 Å². The lowest BCUT2D eigenvalue weighted by Gasteiger charge is -2.14. The second-order valence-corrected chi connectivity index (χ2v) is 5.35. The first kappa shape index (κ1) is 16.9. The number of rotatable bonds is 7. The molecule has 0 unspecified atom stereocenters. The van der Waals surface area contributed by atoms with Crippen LogP contribution in [0.15, 0.2) is 24.3 Å². The normalized spacial score (nSPS) is 10.4. The predicted molar refractivity (Wildman–Crippen MR) is 84.2 cm³/mol. The SMILES string of the molecule is CCOC(=O)C(CCc1ccccc1I)C(=O)OCC. The lowest BCUT2D eigenvalue weighted by molar-refractivity contribution is -0.161. The molecule has 5 heteroatoms. The van der Waals surface area contributed by atoms with E-state index < -0.39 is 17.9 Å². The number of hydrogen-bond donors (Lipinski definition) is 0. The van der Waals surface area contributed by atoms with Gasteiger partial charge in [0.15, 0.2) is 5.92 Å². The molecule has 0 saturated heterocycles. The van der Waals surface area contributed by atoms with Crippen LogP contribution in [0.1, 0.15) is 25.8 Å². The van der Waals surface area contributed by atoms with Crippen LogP contribution in [0, 0.1) is 9.49 Å². The van der Waals surface area contributed by atoms with Gasteiger partial charge in [0.2, 0.25) is 0 Å². The summed E-state index contributed by atoms with van der Waals surface area (Å²) in [6.45, 7) is 3.97. The third kappa shape index (κ3) is 5.11. The molecule has 0 fully saturated rings. The number of hydrogen-bond acceptors (Lipinski definition) is 4. The van der Waals surface area contributed by atoms with Crippen LogP contribution in [-0.2, 0) is 25.5 Å². The van der Waals surface area contributed by atoms with Gasteiger partial charge >= 0.3 is 11.9 Å². The number of benzene rings is 1. The van der Waals surface area contributed by atoms with E-state index in [1.807, 2.05) is 24.3 Å². The lowest BCUT2D eigenvalue weighted by Crippen LogP contribution is -2.28. The zero-order valence-corrected chi connectivity index (χ0v) is 13.9. The standard InChI is InChI=1S/C15H19IO4/c1-3-19-14(17)12(15(18)20-4-2)10-9-11-7-5-6-8-13(11)16/h5-8,12H,3-4,9-10H2,1-2H3. The predicted octanol–water partition coefficient (Wildman–Crippen LogP) is 2.97. The van der Waals surface area contributed by atoms with Crippen LogP contribution in [0.25, 0.3) is 0 Å². The van der Waals surface area contributed by atoms with Crippen molar-refractivity contribution in [3.8, 4) is 0 Å². The monoisotopic (exact) mass is 390 g/mol. The summed E-state index contributed by atoms with van der Waals surface area (Å²) in [6, 6.07) is 7.90. The van der Waals surface area contributed by atoms with Crippen LogP contribution in [-0.4, -0.2) is 25.2 Å². The molecule has 1 aromatic rings. The van der Waals surface area contributed by atoms with Crippen molar-refractivity contribution in [2.75, 3.05) is 13.2 Å². The Labute approximate surface area is 133 Å². The van der Waals surface area contributed by atoms with Crippen molar-refractivity contribution >= 4 is 34.5 Å². The van der Waals surface area contributed by atoms with Gasteiger partial charge in [0, 0.05) is 3.57 Å². The van der Waals surface area contributed by atoms with Gasteiger partial charge < -0.3 is 9.47 Å². The van der Waals surface area contributed by atoms with Crippen LogP contribution in [0.4, 0.5) is 0 Å². The fourth-order valence-electron chi connectivity index (χ4n) is 1.82. The minimum atomic E-state index is -0.842. The summed E-state index contributed by atoms with van der Waals surface area (Å²) in [5.41, 5.74) is 1.12. The maximum absolute atomic E-state index is 11.8. The first-order valence-electron chi connectivity index (χ1n) is 6.66. The summed E-state index contributed by atoms with van der Waals surface area (Å²) in [7, 11) is 0. The van der Waals surface area contributed by atoms with E-state index in [9.17, 15) is 9.59 Å². The molecule has 0 N–H and O–H groups in total. The van der Waals surface area contributed by atoms with Crippen molar-refractivity contribution in [1.29, 1.82) is 0 Å². The smallest absolute Gasteiger partial charge is 0.320 e. The minimum absolute atomic E-state index is 0.262. The highest BCUT2D eigenvalue weighted by Crippen LogP contribution is 2.18. The Balaban J connectivity index is 2.72. The van der Waals surface area contributed by atoms with Gasteiger partial charge in [0.1, 0.15) is 0 Å². The highest BCUT2D eigenvalue weighted by atomic mass is 127. The maximum atomic E-state index is 11.8. The average Bonchev–Trinajstić information content (AvgIpc) is 2.41. The van der Waals surface area contributed by atoms with Gasteiger partial charge in [0.25, 0.3) is 0 Å². The van der Waals surface area contributed by atoms with Crippen LogP contribution in [0.2, 0.25) is 0 Å². The van der Waals surface area contributed by atoms with E-state index in [0.717, 1.165) is 9.13 Å². The molecule has 0 saturated carbocycles. The van der Waals surface area contributed by atoms with Crippen molar-refractivity contribution < 1.29 is 19.1 Å². The number of ether oxygens (including phenoxy) is 2. The Kier molecular flexibility index (Phi) is 7.58. The van der Waals surface area contributed by atoms with E-state index in [0.29, 0.717) is 12.8 Å². The molecule has 20 heavy (non-hydrogen) atoms. The van der Waals surface area contributed by atoms with Gasteiger partial charge in [-0.2, -0.15) is 0 Å². The number of aryl methyl sites for hydroxylation is 1. The van der Waals surface area contributed by atoms with Crippen LogP contribution in [0.3, 0.4) is 0 Å². The number of halogens is 1. The second kappa shape index (κ2) is 8.94. The topological polar surface area (TPSA) is 52.6 Å². The molecule has 110 valence electrons. The third-order valence-corrected chi connectivity index (χ3v) is 3.85. The quantitative estimate of drug-likeness (QED) is 0.408. The maximum Gasteiger partial charge on any atom is 0.320 e. The fourth-order valence-corrected chi connectivity index (χ4v) is 2.48. The van der Waals surface area contributed by atoms with Gasteiger partial charge in [-0.3, -0.25) is 9.59 Å². The summed E-state index contributed by atoms with van der Waals surface area (Å²) < 4.78 is 11.0. The Bertz CT molecular complexity index is 441. The molecule has 0 aliphatic carbocycles. The Morgan fingerprint density at radius 3 is 2.15 bits per heavy atom. The van der Waals surface area contributed by atoms with Gasteiger partial charge in [-0.05, 0) is 60.9 Å². The number of carbonyl (C=O) groups excluding carboxylic acids is 2. The molecule has 0 radical (unpaired) electrons. The van der Waals surface area contributed by atoms with E-state index >= 15 is 0 Å². The molecule has 0 aliphatic heterocycles. The fraction of sp³-hybridized carbons (Fsp3) is 0.467. The molecular weight excluding hydrogens is 371 g/mol. The van der Waals surface area contributed by atoms with E-state index in [-0.39, 0.29) is 13.2 Å². The molecule has 4 nitrogen and oxygen atoms in total. The largest absolute Gasteiger partial charge is 0.465 e. The van der Waals surface area contributed by atoms with Crippen molar-refractivity contribution in [1.82, 2.24) is 0 Å². The lowest BCUT2D eigenvalue weighted by atomic mass is 9.99. The second-order valence-electron chi connectivity index (χ2n) is 4.19. The first-order valence-corrected chi connectivity index (χ1v) is 7.74. The summed E-state index contributed by atoms with van der Waals surface area (Å²) in [4.78, 5) is 23.7. The van der Waals surface area contributed by atoms with Gasteiger partial charge in [-0.25, -0.2) is 0 Å². The summed E-state index contributed by atoms with van der Waals surface area (Å²) in [5, 5.41) is 0. The molecule has 0 aromatic heterocycles. The number of esters is 2. The van der Waals surface area contributed by atoms with E-state index in [2.05, 4.69) is 22.6 Å². The van der Waals surface area contributed by atoms with Crippen molar-refractivity contribution in [2.24, 2.45) is 5.92 Å². The zero-order valence-electron chi connectivity index (χ0n) is 11.7. The summed E-state index contributed by atoms with van der Waals surface area (Å²) in [6.07, 6.45) is 1.04. The summed E-state index contributed by atoms with van der Waals surface area (Å²) >= 11 is 2.24. The first-order chi connectivity index (χ1) is 9.60. The molecule has 0 amide bonds. The Hall–Kier alpha value is -1.11. The molecule has 0 heterocycles. The molecule has 1 rings (SSSR count). The Morgan fingerprint density at radius 1 is 1.10 bits per heavy atom. The van der Waals surface area contributed by atoms with Crippen molar-refractivity contribution in [2.45, 2.75) is 26.7 Å². The van der Waals surface area contributed by atoms with Crippen molar-refractivity contribution in [3.63, 3.8) is 0 Å². The average molecular weight is 390 g/mol. The zero-order chi connectivity index (χ0) is 15.0. The molecule has 0 atom stereocenters. The molecule has 0 spiro atoms. The van der Waals surface area contributed by atoms with Gasteiger partial charge in [-0.15, -0.1) is 0 Å². The van der Waals surface area contributed by atoms with E-state index in [1.54, 1.807) is 13.8 Å². The van der Waals surface area contributed by atoms with E-state index in [1.165, 1.54) is 0 Å². The molecule has 0 aliphatic rings. The summed E-state index contributed by atoms with van der Waals surface area (Å²) in [5.74, 6) is -1.85.